The second kappa shape index (κ2) is 9.22. The predicted octanol–water partition coefficient (Wildman–Crippen LogP) is 4.88. The summed E-state index contributed by atoms with van der Waals surface area (Å²) in [5, 5.41) is 6.00. The Kier molecular flexibility index (Phi) is 6.23. The molecule has 2 aromatic carbocycles. The van der Waals surface area contributed by atoms with Crippen LogP contribution in [0.1, 0.15) is 21.6 Å². The third kappa shape index (κ3) is 4.56. The first-order valence-electron chi connectivity index (χ1n) is 9.89. The SMILES string of the molecule is COc1ccc(CCNC(=O)c2cc3ccsc3n2Cc2cccc(F)c2)cc1OC. The molecule has 1 N–H and O–H groups in total. The zero-order chi connectivity index (χ0) is 21.8. The molecule has 0 bridgehead atoms. The summed E-state index contributed by atoms with van der Waals surface area (Å²) < 4.78 is 26.2. The van der Waals surface area contributed by atoms with Crippen LogP contribution in [0, 0.1) is 5.82 Å². The minimum Gasteiger partial charge on any atom is -0.493 e. The number of rotatable bonds is 8. The molecule has 160 valence electrons. The highest BCUT2D eigenvalue weighted by atomic mass is 32.1. The van der Waals surface area contributed by atoms with E-state index < -0.39 is 0 Å². The number of hydrogen-bond donors (Lipinski definition) is 1. The van der Waals surface area contributed by atoms with E-state index in [2.05, 4.69) is 5.32 Å². The first-order chi connectivity index (χ1) is 15.1. The average molecular weight is 439 g/mol. The molecule has 0 saturated heterocycles. The number of aromatic nitrogens is 1. The van der Waals surface area contributed by atoms with Gasteiger partial charge in [0.2, 0.25) is 0 Å². The molecule has 4 rings (SSSR count). The molecule has 7 heteroatoms. The van der Waals surface area contributed by atoms with Gasteiger partial charge < -0.3 is 19.4 Å². The van der Waals surface area contributed by atoms with Gasteiger partial charge in [-0.3, -0.25) is 4.79 Å². The van der Waals surface area contributed by atoms with Gasteiger partial charge in [-0.2, -0.15) is 0 Å². The van der Waals surface area contributed by atoms with Gasteiger partial charge in [0.05, 0.1) is 14.2 Å². The first kappa shape index (κ1) is 20.9. The number of carbonyl (C=O) groups excluding carboxylic acids is 1. The van der Waals surface area contributed by atoms with Crippen LogP contribution in [0.15, 0.2) is 60.0 Å². The van der Waals surface area contributed by atoms with Crippen molar-refractivity contribution in [1.29, 1.82) is 0 Å². The van der Waals surface area contributed by atoms with E-state index in [1.807, 2.05) is 46.3 Å². The molecule has 0 atom stereocenters. The van der Waals surface area contributed by atoms with Crippen molar-refractivity contribution in [2.45, 2.75) is 13.0 Å². The maximum absolute atomic E-state index is 13.6. The number of thiophene rings is 1. The molecule has 31 heavy (non-hydrogen) atoms. The summed E-state index contributed by atoms with van der Waals surface area (Å²) in [6.45, 7) is 0.910. The Labute approximate surface area is 184 Å². The van der Waals surface area contributed by atoms with E-state index in [1.165, 1.54) is 12.1 Å². The second-order valence-electron chi connectivity index (χ2n) is 7.12. The smallest absolute Gasteiger partial charge is 0.267 e. The Balaban J connectivity index is 1.48. The Morgan fingerprint density at radius 3 is 2.65 bits per heavy atom. The van der Waals surface area contributed by atoms with Gasteiger partial charge in [0.25, 0.3) is 5.91 Å². The molecule has 1 amide bonds. The summed E-state index contributed by atoms with van der Waals surface area (Å²) in [7, 11) is 3.20. The Hall–Kier alpha value is -3.32. The number of amides is 1. The molecule has 5 nitrogen and oxygen atoms in total. The van der Waals surface area contributed by atoms with Crippen LogP contribution in [0.5, 0.6) is 11.5 Å². The molecule has 0 aliphatic rings. The van der Waals surface area contributed by atoms with Crippen LogP contribution in [0.25, 0.3) is 10.2 Å². The lowest BCUT2D eigenvalue weighted by Crippen LogP contribution is -2.28. The molecule has 0 aliphatic heterocycles. The van der Waals surface area contributed by atoms with E-state index in [-0.39, 0.29) is 11.7 Å². The number of fused-ring (bicyclic) bond motifs is 1. The third-order valence-corrected chi connectivity index (χ3v) is 6.06. The van der Waals surface area contributed by atoms with Crippen molar-refractivity contribution in [1.82, 2.24) is 9.88 Å². The van der Waals surface area contributed by atoms with E-state index in [0.29, 0.717) is 36.7 Å². The van der Waals surface area contributed by atoms with Gasteiger partial charge in [-0.25, -0.2) is 4.39 Å². The molecular formula is C24H23FN2O3S. The molecule has 4 aromatic rings. The number of halogens is 1. The standard InChI is InChI=1S/C24H23FN2O3S/c1-29-21-7-6-16(13-22(21)30-2)8-10-26-23(28)20-14-18-9-11-31-24(18)27(20)15-17-4-3-5-19(25)12-17/h3-7,9,11-14H,8,10,15H2,1-2H3,(H,26,28). The number of nitrogens with one attached hydrogen (secondary N) is 1. The van der Waals surface area contributed by atoms with Crippen molar-refractivity contribution in [3.8, 4) is 11.5 Å². The van der Waals surface area contributed by atoms with Gasteiger partial charge in [0, 0.05) is 18.5 Å². The fourth-order valence-corrected chi connectivity index (χ4v) is 4.48. The van der Waals surface area contributed by atoms with Crippen LogP contribution in [0.2, 0.25) is 0 Å². The van der Waals surface area contributed by atoms with Crippen molar-refractivity contribution in [3.63, 3.8) is 0 Å². The second-order valence-corrected chi connectivity index (χ2v) is 8.02. The van der Waals surface area contributed by atoms with Crippen LogP contribution >= 0.6 is 11.3 Å². The number of methoxy groups -OCH3 is 2. The van der Waals surface area contributed by atoms with Gasteiger partial charge >= 0.3 is 0 Å². The van der Waals surface area contributed by atoms with Gasteiger partial charge in [-0.05, 0) is 59.3 Å². The van der Waals surface area contributed by atoms with E-state index in [9.17, 15) is 9.18 Å². The fourth-order valence-electron chi connectivity index (χ4n) is 3.59. The number of carbonyl (C=O) groups is 1. The van der Waals surface area contributed by atoms with Crippen LogP contribution in [-0.4, -0.2) is 31.2 Å². The highest BCUT2D eigenvalue weighted by Crippen LogP contribution is 2.28. The maximum Gasteiger partial charge on any atom is 0.267 e. The summed E-state index contributed by atoms with van der Waals surface area (Å²) in [6, 6.07) is 16.1. The quantitative estimate of drug-likeness (QED) is 0.427. The molecule has 0 spiro atoms. The van der Waals surface area contributed by atoms with Crippen molar-refractivity contribution in [2.75, 3.05) is 20.8 Å². The van der Waals surface area contributed by atoms with E-state index in [4.69, 9.17) is 9.47 Å². The van der Waals surface area contributed by atoms with Crippen molar-refractivity contribution in [3.05, 3.63) is 82.6 Å². The number of benzene rings is 2. The van der Waals surface area contributed by atoms with E-state index in [0.717, 1.165) is 21.3 Å². The Morgan fingerprint density at radius 1 is 1.03 bits per heavy atom. The molecule has 0 radical (unpaired) electrons. The summed E-state index contributed by atoms with van der Waals surface area (Å²) in [5.41, 5.74) is 2.41. The van der Waals surface area contributed by atoms with Crippen LogP contribution in [-0.2, 0) is 13.0 Å². The summed E-state index contributed by atoms with van der Waals surface area (Å²) >= 11 is 1.57. The fraction of sp³-hybridized carbons (Fsp3) is 0.208. The molecule has 0 saturated carbocycles. The minimum absolute atomic E-state index is 0.153. The summed E-state index contributed by atoms with van der Waals surface area (Å²) in [6.07, 6.45) is 0.658. The highest BCUT2D eigenvalue weighted by molar-refractivity contribution is 7.16. The zero-order valence-corrected chi connectivity index (χ0v) is 18.2. The monoisotopic (exact) mass is 438 g/mol. The molecule has 0 aliphatic carbocycles. The van der Waals surface area contributed by atoms with Gasteiger partial charge in [-0.1, -0.05) is 18.2 Å². The topological polar surface area (TPSA) is 52.5 Å². The lowest BCUT2D eigenvalue weighted by atomic mass is 10.1. The Morgan fingerprint density at radius 2 is 1.87 bits per heavy atom. The van der Waals surface area contributed by atoms with Crippen LogP contribution in [0.3, 0.4) is 0 Å². The molecule has 2 heterocycles. The summed E-state index contributed by atoms with van der Waals surface area (Å²) in [4.78, 5) is 14.0. The highest BCUT2D eigenvalue weighted by Gasteiger charge is 2.17. The van der Waals surface area contributed by atoms with Crippen molar-refractivity contribution >= 4 is 27.5 Å². The maximum atomic E-state index is 13.6. The zero-order valence-electron chi connectivity index (χ0n) is 17.4. The number of hydrogen-bond acceptors (Lipinski definition) is 4. The minimum atomic E-state index is -0.284. The lowest BCUT2D eigenvalue weighted by Gasteiger charge is -2.12. The van der Waals surface area contributed by atoms with Crippen molar-refractivity contribution in [2.24, 2.45) is 0 Å². The predicted molar refractivity (Wildman–Crippen MR) is 121 cm³/mol. The first-order valence-corrected chi connectivity index (χ1v) is 10.8. The Bertz CT molecular complexity index is 1210. The van der Waals surface area contributed by atoms with E-state index in [1.54, 1.807) is 31.6 Å². The number of nitrogens with zero attached hydrogens (tertiary/aromatic N) is 1. The van der Waals surface area contributed by atoms with Crippen LogP contribution in [0.4, 0.5) is 4.39 Å². The summed E-state index contributed by atoms with van der Waals surface area (Å²) in [5.74, 6) is 0.898. The number of ether oxygens (including phenoxy) is 2. The van der Waals surface area contributed by atoms with Crippen LogP contribution < -0.4 is 14.8 Å². The lowest BCUT2D eigenvalue weighted by molar-refractivity contribution is 0.0946. The van der Waals surface area contributed by atoms with E-state index >= 15 is 0 Å². The third-order valence-electron chi connectivity index (χ3n) is 5.11. The van der Waals surface area contributed by atoms with Gasteiger partial charge in [0.15, 0.2) is 11.5 Å². The largest absolute Gasteiger partial charge is 0.493 e. The molecular weight excluding hydrogens is 415 g/mol. The average Bonchev–Trinajstić information content (AvgIpc) is 3.36. The molecule has 2 aromatic heterocycles. The van der Waals surface area contributed by atoms with Gasteiger partial charge in [-0.15, -0.1) is 11.3 Å². The molecule has 0 fully saturated rings. The molecule has 0 unspecified atom stereocenters. The van der Waals surface area contributed by atoms with Gasteiger partial charge in [0.1, 0.15) is 16.3 Å². The van der Waals surface area contributed by atoms with Crippen molar-refractivity contribution < 1.29 is 18.7 Å². The normalized spacial score (nSPS) is 10.9.